The highest BCUT2D eigenvalue weighted by Crippen LogP contribution is 2.33. The molecule has 1 atom stereocenters. The maximum Gasteiger partial charge on any atom is 0.422 e. The van der Waals surface area contributed by atoms with Crippen LogP contribution in [-0.4, -0.2) is 38.8 Å². The van der Waals surface area contributed by atoms with E-state index in [1.54, 1.807) is 30.9 Å². The van der Waals surface area contributed by atoms with Crippen LogP contribution in [0.2, 0.25) is 5.15 Å². The minimum Gasteiger partial charge on any atom is -0.467 e. The zero-order valence-electron chi connectivity index (χ0n) is 13.8. The first-order valence-electron chi connectivity index (χ1n) is 7.65. The fraction of sp³-hybridized carbons (Fsp3) is 0.375. The van der Waals surface area contributed by atoms with Crippen molar-refractivity contribution in [3.63, 3.8) is 0 Å². The number of fused-ring (bicyclic) bond motifs is 1. The van der Waals surface area contributed by atoms with E-state index < -0.39 is 18.8 Å². The summed E-state index contributed by atoms with van der Waals surface area (Å²) < 4.78 is 41.4. The molecule has 0 radical (unpaired) electrons. The molecule has 0 bridgehead atoms. The zero-order valence-corrected chi connectivity index (χ0v) is 14.6. The molecule has 0 spiro atoms. The lowest BCUT2D eigenvalue weighted by molar-refractivity contribution is -0.154. The van der Waals surface area contributed by atoms with Crippen molar-refractivity contribution in [3.8, 4) is 5.88 Å². The molecule has 3 heterocycles. The van der Waals surface area contributed by atoms with Crippen LogP contribution in [-0.2, 0) is 6.54 Å². The number of aromatic nitrogens is 3. The van der Waals surface area contributed by atoms with E-state index in [0.717, 1.165) is 0 Å². The Bertz CT molecular complexity index is 860. The lowest BCUT2D eigenvalue weighted by Gasteiger charge is -2.23. The summed E-state index contributed by atoms with van der Waals surface area (Å²) in [6.07, 6.45) is -2.99. The molecule has 0 aliphatic carbocycles. The highest BCUT2D eigenvalue weighted by Gasteiger charge is 2.34. The van der Waals surface area contributed by atoms with E-state index in [2.05, 4.69) is 19.9 Å². The normalized spacial score (nSPS) is 15.2. The first-order valence-corrected chi connectivity index (χ1v) is 8.03. The van der Waals surface area contributed by atoms with Crippen LogP contribution in [0.4, 0.5) is 13.2 Å². The molecule has 0 saturated carbocycles. The van der Waals surface area contributed by atoms with Gasteiger partial charge in [-0.2, -0.15) is 13.2 Å². The van der Waals surface area contributed by atoms with Crippen molar-refractivity contribution < 1.29 is 22.7 Å². The average Bonchev–Trinajstić information content (AvgIpc) is 2.91. The summed E-state index contributed by atoms with van der Waals surface area (Å²) in [4.78, 5) is 18.1. The second-order valence-corrected chi connectivity index (χ2v) is 6.26. The first-order chi connectivity index (χ1) is 12.2. The molecule has 10 heteroatoms. The van der Waals surface area contributed by atoms with E-state index in [-0.39, 0.29) is 23.5 Å². The SMILES string of the molecule is Cc1cc(C(C)N2Cc3c(ccnc3Cl)C2=O)nnc1OCC(F)(F)F. The number of alkyl halides is 3. The van der Waals surface area contributed by atoms with Crippen LogP contribution >= 0.6 is 11.6 Å². The molecule has 0 saturated heterocycles. The predicted molar refractivity (Wildman–Crippen MR) is 85.9 cm³/mol. The van der Waals surface area contributed by atoms with Gasteiger partial charge in [-0.05, 0) is 26.0 Å². The number of carbonyl (C=O) groups is 1. The Morgan fingerprint density at radius 2 is 2.12 bits per heavy atom. The largest absolute Gasteiger partial charge is 0.467 e. The minimum absolute atomic E-state index is 0.193. The van der Waals surface area contributed by atoms with Crippen molar-refractivity contribution in [3.05, 3.63) is 45.9 Å². The molecule has 2 aromatic rings. The third-order valence-corrected chi connectivity index (χ3v) is 4.37. The fourth-order valence-corrected chi connectivity index (χ4v) is 2.90. The van der Waals surface area contributed by atoms with E-state index in [1.165, 1.54) is 6.20 Å². The van der Waals surface area contributed by atoms with Crippen molar-refractivity contribution in [2.45, 2.75) is 32.6 Å². The molecule has 0 aromatic carbocycles. The van der Waals surface area contributed by atoms with Gasteiger partial charge in [-0.25, -0.2) is 4.98 Å². The smallest absolute Gasteiger partial charge is 0.422 e. The Morgan fingerprint density at radius 3 is 2.73 bits per heavy atom. The summed E-state index contributed by atoms with van der Waals surface area (Å²) in [5.74, 6) is -0.407. The Morgan fingerprint density at radius 1 is 1.38 bits per heavy atom. The van der Waals surface area contributed by atoms with E-state index >= 15 is 0 Å². The van der Waals surface area contributed by atoms with Crippen LogP contribution in [0.25, 0.3) is 0 Å². The monoisotopic (exact) mass is 386 g/mol. The second kappa shape index (κ2) is 6.71. The van der Waals surface area contributed by atoms with E-state index in [9.17, 15) is 18.0 Å². The molecule has 0 fully saturated rings. The third kappa shape index (κ3) is 3.57. The zero-order chi connectivity index (χ0) is 19.1. The van der Waals surface area contributed by atoms with Gasteiger partial charge in [0.25, 0.3) is 5.91 Å². The summed E-state index contributed by atoms with van der Waals surface area (Å²) in [5, 5.41) is 7.90. The number of amides is 1. The van der Waals surface area contributed by atoms with Crippen LogP contribution in [0.3, 0.4) is 0 Å². The molecule has 6 nitrogen and oxygen atoms in total. The Kier molecular flexibility index (Phi) is 4.74. The second-order valence-electron chi connectivity index (χ2n) is 5.90. The summed E-state index contributed by atoms with van der Waals surface area (Å²) in [6, 6.07) is 2.70. The molecule has 1 amide bonds. The van der Waals surface area contributed by atoms with Crippen LogP contribution in [0.1, 0.15) is 40.1 Å². The lowest BCUT2D eigenvalue weighted by atomic mass is 10.1. The Hall–Kier alpha value is -2.42. The van der Waals surface area contributed by atoms with Gasteiger partial charge >= 0.3 is 6.18 Å². The number of hydrogen-bond acceptors (Lipinski definition) is 5. The average molecular weight is 387 g/mol. The van der Waals surface area contributed by atoms with Gasteiger partial charge in [-0.15, -0.1) is 10.2 Å². The number of ether oxygens (including phenoxy) is 1. The number of aryl methyl sites for hydroxylation is 1. The Labute approximate surface area is 151 Å². The van der Waals surface area contributed by atoms with Crippen LogP contribution in [0.15, 0.2) is 18.3 Å². The number of hydrogen-bond donors (Lipinski definition) is 0. The molecule has 1 unspecified atom stereocenters. The molecule has 138 valence electrons. The van der Waals surface area contributed by atoms with Crippen molar-refractivity contribution in [1.82, 2.24) is 20.1 Å². The van der Waals surface area contributed by atoms with Crippen molar-refractivity contribution in [2.24, 2.45) is 0 Å². The van der Waals surface area contributed by atoms with Gasteiger partial charge in [0.05, 0.1) is 18.3 Å². The molecular weight excluding hydrogens is 373 g/mol. The van der Waals surface area contributed by atoms with Crippen molar-refractivity contribution in [1.29, 1.82) is 0 Å². The number of pyridine rings is 1. The van der Waals surface area contributed by atoms with Crippen LogP contribution in [0.5, 0.6) is 5.88 Å². The molecule has 1 aliphatic heterocycles. The topological polar surface area (TPSA) is 68.2 Å². The predicted octanol–water partition coefficient (Wildman–Crippen LogP) is 3.49. The summed E-state index contributed by atoms with van der Waals surface area (Å²) in [5.41, 5.74) is 1.95. The van der Waals surface area contributed by atoms with Gasteiger partial charge in [-0.3, -0.25) is 4.79 Å². The number of carbonyl (C=O) groups excluding carboxylic acids is 1. The van der Waals surface area contributed by atoms with Gasteiger partial charge in [0, 0.05) is 22.9 Å². The molecule has 26 heavy (non-hydrogen) atoms. The standard InChI is InChI=1S/C16H14ClF3N4O2/c1-8-5-12(22-23-14(8)26-7-16(18,19)20)9(2)24-6-11-10(15(24)25)3-4-21-13(11)17/h3-5,9H,6-7H2,1-2H3. The highest BCUT2D eigenvalue weighted by atomic mass is 35.5. The van der Waals surface area contributed by atoms with Gasteiger partial charge in [0.15, 0.2) is 6.61 Å². The first kappa shape index (κ1) is 18.4. The van der Waals surface area contributed by atoms with Crippen LogP contribution < -0.4 is 4.74 Å². The van der Waals surface area contributed by atoms with Gasteiger partial charge in [0.1, 0.15) is 5.15 Å². The summed E-state index contributed by atoms with van der Waals surface area (Å²) in [6.45, 7) is 2.15. The summed E-state index contributed by atoms with van der Waals surface area (Å²) >= 11 is 6.04. The Balaban J connectivity index is 1.79. The highest BCUT2D eigenvalue weighted by molar-refractivity contribution is 6.30. The van der Waals surface area contributed by atoms with Gasteiger partial charge in [-0.1, -0.05) is 11.6 Å². The lowest BCUT2D eigenvalue weighted by Crippen LogP contribution is -2.28. The maximum atomic E-state index is 12.6. The molecule has 1 aliphatic rings. The van der Waals surface area contributed by atoms with Crippen LogP contribution in [0, 0.1) is 6.92 Å². The number of halogens is 4. The molecule has 3 rings (SSSR count). The van der Waals surface area contributed by atoms with Gasteiger partial charge in [0.2, 0.25) is 5.88 Å². The molecular formula is C16H14ClF3N4O2. The molecule has 0 N–H and O–H groups in total. The maximum absolute atomic E-state index is 12.6. The third-order valence-electron chi connectivity index (χ3n) is 4.05. The minimum atomic E-state index is -4.46. The van der Waals surface area contributed by atoms with Gasteiger partial charge < -0.3 is 9.64 Å². The van der Waals surface area contributed by atoms with E-state index in [4.69, 9.17) is 11.6 Å². The van der Waals surface area contributed by atoms with Crippen molar-refractivity contribution in [2.75, 3.05) is 6.61 Å². The van der Waals surface area contributed by atoms with E-state index in [1.807, 2.05) is 0 Å². The fourth-order valence-electron chi connectivity index (χ4n) is 2.68. The number of rotatable bonds is 4. The number of nitrogens with zero attached hydrogens (tertiary/aromatic N) is 4. The quantitative estimate of drug-likeness (QED) is 0.752. The molecule has 2 aromatic heterocycles. The summed E-state index contributed by atoms with van der Waals surface area (Å²) in [7, 11) is 0. The van der Waals surface area contributed by atoms with Crippen molar-refractivity contribution >= 4 is 17.5 Å². The van der Waals surface area contributed by atoms with E-state index in [0.29, 0.717) is 22.4 Å².